The smallest absolute Gasteiger partial charge is 0.239 e. The Morgan fingerprint density at radius 3 is 2.35 bits per heavy atom. The van der Waals surface area contributed by atoms with E-state index in [4.69, 9.17) is 0 Å². The first kappa shape index (κ1) is 15.9. The van der Waals surface area contributed by atoms with Gasteiger partial charge in [0, 0.05) is 32.1 Å². The number of carbonyl (C=O) groups is 2. The van der Waals surface area contributed by atoms with Crippen LogP contribution < -0.4 is 10.6 Å². The van der Waals surface area contributed by atoms with E-state index in [2.05, 4.69) is 10.6 Å². The van der Waals surface area contributed by atoms with Crippen LogP contribution in [0.15, 0.2) is 0 Å². The van der Waals surface area contributed by atoms with Crippen LogP contribution in [0.4, 0.5) is 0 Å². The highest BCUT2D eigenvalue weighted by atomic mass is 16.2. The number of hydrogen-bond acceptors (Lipinski definition) is 3. The maximum atomic E-state index is 11.8. The zero-order chi connectivity index (χ0) is 13.3. The molecule has 0 saturated heterocycles. The molecule has 0 atom stereocenters. The number of amides is 2. The number of carbonyl (C=O) groups excluding carboxylic acids is 2. The van der Waals surface area contributed by atoms with E-state index < -0.39 is 0 Å². The number of nitrogens with one attached hydrogen (secondary N) is 2. The molecule has 0 heterocycles. The van der Waals surface area contributed by atoms with Crippen molar-refractivity contribution in [2.75, 3.05) is 26.2 Å². The molecule has 5 nitrogen and oxygen atoms in total. The van der Waals surface area contributed by atoms with E-state index in [1.807, 2.05) is 27.7 Å². The van der Waals surface area contributed by atoms with Gasteiger partial charge in [0.05, 0.1) is 6.54 Å². The molecule has 0 fully saturated rings. The average Bonchev–Trinajstić information content (AvgIpc) is 2.25. The topological polar surface area (TPSA) is 61.4 Å². The highest BCUT2D eigenvalue weighted by Crippen LogP contribution is 1.94. The molecule has 2 N–H and O–H groups in total. The van der Waals surface area contributed by atoms with E-state index in [0.29, 0.717) is 32.1 Å². The van der Waals surface area contributed by atoms with Crippen molar-refractivity contribution in [3.8, 4) is 0 Å². The first-order valence-electron chi connectivity index (χ1n) is 6.29. The lowest BCUT2D eigenvalue weighted by molar-refractivity contribution is -0.135. The molecule has 0 bridgehead atoms. The largest absolute Gasteiger partial charge is 0.355 e. The fourth-order valence-corrected chi connectivity index (χ4v) is 1.43. The maximum Gasteiger partial charge on any atom is 0.239 e. The van der Waals surface area contributed by atoms with Crippen LogP contribution in [0.2, 0.25) is 0 Å². The Bertz CT molecular complexity index is 242. The van der Waals surface area contributed by atoms with Crippen LogP contribution in [0, 0.1) is 0 Å². The molecule has 0 aromatic rings. The number of hydrogen-bond donors (Lipinski definition) is 2. The standard InChI is InChI=1S/C12H25N3O2/c1-5-13-11(16)9-15(6-2)12(17)7-8-14-10(3)4/h10,14H,5-9H2,1-4H3,(H,13,16). The van der Waals surface area contributed by atoms with Crippen LogP contribution in [0.1, 0.15) is 34.1 Å². The molecule has 2 amide bonds. The summed E-state index contributed by atoms with van der Waals surface area (Å²) in [4.78, 5) is 24.8. The highest BCUT2D eigenvalue weighted by Gasteiger charge is 2.14. The number of nitrogens with zero attached hydrogens (tertiary/aromatic N) is 1. The quantitative estimate of drug-likeness (QED) is 0.647. The molecule has 0 aliphatic carbocycles. The van der Waals surface area contributed by atoms with Crippen molar-refractivity contribution < 1.29 is 9.59 Å². The van der Waals surface area contributed by atoms with Crippen LogP contribution >= 0.6 is 0 Å². The highest BCUT2D eigenvalue weighted by molar-refractivity contribution is 5.84. The Morgan fingerprint density at radius 1 is 1.24 bits per heavy atom. The van der Waals surface area contributed by atoms with Gasteiger partial charge in [-0.2, -0.15) is 0 Å². The third-order valence-corrected chi connectivity index (χ3v) is 2.33. The van der Waals surface area contributed by atoms with Gasteiger partial charge in [0.2, 0.25) is 11.8 Å². The lowest BCUT2D eigenvalue weighted by Gasteiger charge is -2.20. The fourth-order valence-electron chi connectivity index (χ4n) is 1.43. The van der Waals surface area contributed by atoms with Crippen molar-refractivity contribution >= 4 is 11.8 Å². The summed E-state index contributed by atoms with van der Waals surface area (Å²) in [6, 6.07) is 0.376. The second-order valence-electron chi connectivity index (χ2n) is 4.22. The summed E-state index contributed by atoms with van der Waals surface area (Å²) < 4.78 is 0. The molecule has 5 heteroatoms. The molecule has 0 saturated carbocycles. The van der Waals surface area contributed by atoms with Crippen molar-refractivity contribution in [2.24, 2.45) is 0 Å². The number of likely N-dealkylation sites (N-methyl/N-ethyl adjacent to an activating group) is 2. The summed E-state index contributed by atoms with van der Waals surface area (Å²) in [5.41, 5.74) is 0. The van der Waals surface area contributed by atoms with Gasteiger partial charge in [0.25, 0.3) is 0 Å². The van der Waals surface area contributed by atoms with Gasteiger partial charge in [-0.05, 0) is 13.8 Å². The molecular formula is C12H25N3O2. The van der Waals surface area contributed by atoms with Crippen molar-refractivity contribution in [3.63, 3.8) is 0 Å². The minimum Gasteiger partial charge on any atom is -0.355 e. The molecule has 0 aliphatic rings. The second-order valence-corrected chi connectivity index (χ2v) is 4.22. The minimum absolute atomic E-state index is 0.0203. The van der Waals surface area contributed by atoms with Crippen LogP contribution in [0.3, 0.4) is 0 Å². The summed E-state index contributed by atoms with van der Waals surface area (Å²) in [6.07, 6.45) is 0.436. The first-order chi connectivity index (χ1) is 8.01. The summed E-state index contributed by atoms with van der Waals surface area (Å²) in [5.74, 6) is -0.0774. The Labute approximate surface area is 104 Å². The van der Waals surface area contributed by atoms with Crippen LogP contribution in [0.25, 0.3) is 0 Å². The van der Waals surface area contributed by atoms with E-state index in [1.54, 1.807) is 4.90 Å². The van der Waals surface area contributed by atoms with Gasteiger partial charge in [-0.3, -0.25) is 9.59 Å². The summed E-state index contributed by atoms with van der Waals surface area (Å²) >= 11 is 0. The lowest BCUT2D eigenvalue weighted by Crippen LogP contribution is -2.41. The molecular weight excluding hydrogens is 218 g/mol. The summed E-state index contributed by atoms with van der Waals surface area (Å²) in [7, 11) is 0. The van der Waals surface area contributed by atoms with Gasteiger partial charge < -0.3 is 15.5 Å². The van der Waals surface area contributed by atoms with E-state index in [-0.39, 0.29) is 18.4 Å². The molecule has 0 spiro atoms. The molecule has 0 aliphatic heterocycles. The summed E-state index contributed by atoms with van der Waals surface area (Å²) in [5, 5.41) is 5.88. The minimum atomic E-state index is -0.0977. The van der Waals surface area contributed by atoms with Crippen LogP contribution in [0.5, 0.6) is 0 Å². The van der Waals surface area contributed by atoms with E-state index in [1.165, 1.54) is 0 Å². The zero-order valence-corrected chi connectivity index (χ0v) is 11.4. The first-order valence-corrected chi connectivity index (χ1v) is 6.29. The monoisotopic (exact) mass is 243 g/mol. The number of rotatable bonds is 8. The Balaban J connectivity index is 3.99. The van der Waals surface area contributed by atoms with Crippen LogP contribution in [-0.2, 0) is 9.59 Å². The average molecular weight is 243 g/mol. The predicted molar refractivity (Wildman–Crippen MR) is 68.7 cm³/mol. The molecule has 0 unspecified atom stereocenters. The van der Waals surface area contributed by atoms with Gasteiger partial charge in [-0.1, -0.05) is 13.8 Å². The van der Waals surface area contributed by atoms with Crippen molar-refractivity contribution in [1.29, 1.82) is 0 Å². The Morgan fingerprint density at radius 2 is 1.88 bits per heavy atom. The van der Waals surface area contributed by atoms with Gasteiger partial charge in [0.15, 0.2) is 0 Å². The molecule has 100 valence electrons. The van der Waals surface area contributed by atoms with E-state index in [0.717, 1.165) is 0 Å². The maximum absolute atomic E-state index is 11.8. The van der Waals surface area contributed by atoms with Crippen molar-refractivity contribution in [1.82, 2.24) is 15.5 Å². The van der Waals surface area contributed by atoms with Gasteiger partial charge in [-0.15, -0.1) is 0 Å². The molecule has 17 heavy (non-hydrogen) atoms. The molecule has 0 radical (unpaired) electrons. The van der Waals surface area contributed by atoms with Crippen molar-refractivity contribution in [3.05, 3.63) is 0 Å². The third-order valence-electron chi connectivity index (χ3n) is 2.33. The molecule has 0 aromatic heterocycles. The van der Waals surface area contributed by atoms with E-state index in [9.17, 15) is 9.59 Å². The van der Waals surface area contributed by atoms with Crippen LogP contribution in [-0.4, -0.2) is 48.9 Å². The Kier molecular flexibility index (Phi) is 8.40. The second kappa shape index (κ2) is 8.98. The van der Waals surface area contributed by atoms with E-state index >= 15 is 0 Å². The zero-order valence-electron chi connectivity index (χ0n) is 11.4. The fraction of sp³-hybridized carbons (Fsp3) is 0.833. The van der Waals surface area contributed by atoms with Gasteiger partial charge >= 0.3 is 0 Å². The summed E-state index contributed by atoms with van der Waals surface area (Å²) in [6.45, 7) is 9.80. The predicted octanol–water partition coefficient (Wildman–Crippen LogP) is 0.359. The Hall–Kier alpha value is -1.10. The third kappa shape index (κ3) is 7.74. The molecule has 0 rings (SSSR count). The normalized spacial score (nSPS) is 10.4. The SMILES string of the molecule is CCNC(=O)CN(CC)C(=O)CCNC(C)C. The van der Waals surface area contributed by atoms with Crippen molar-refractivity contribution in [2.45, 2.75) is 40.2 Å². The van der Waals surface area contributed by atoms with Gasteiger partial charge in [0.1, 0.15) is 0 Å². The van der Waals surface area contributed by atoms with Gasteiger partial charge in [-0.25, -0.2) is 0 Å². The molecule has 0 aromatic carbocycles. The lowest BCUT2D eigenvalue weighted by atomic mass is 10.3.